The lowest BCUT2D eigenvalue weighted by atomic mass is 10.1. The van der Waals surface area contributed by atoms with Gasteiger partial charge in [0, 0.05) is 24.8 Å². The molecule has 0 aliphatic carbocycles. The Hall–Kier alpha value is -1.13. The quantitative estimate of drug-likeness (QED) is 0.918. The van der Waals surface area contributed by atoms with E-state index in [1.807, 2.05) is 34.7 Å². The molecule has 0 fully saturated rings. The summed E-state index contributed by atoms with van der Waals surface area (Å²) in [5.41, 5.74) is 2.36. The van der Waals surface area contributed by atoms with E-state index < -0.39 is 11.0 Å². The third kappa shape index (κ3) is 3.07. The van der Waals surface area contributed by atoms with Crippen molar-refractivity contribution >= 4 is 21.9 Å². The first-order valence-corrected chi connectivity index (χ1v) is 7.67. The van der Waals surface area contributed by atoms with Crippen molar-refractivity contribution < 1.29 is 4.21 Å². The van der Waals surface area contributed by atoms with Crippen LogP contribution in [0.4, 0.5) is 0 Å². The van der Waals surface area contributed by atoms with Crippen LogP contribution < -0.4 is 4.72 Å². The fraction of sp³-hybridized carbons (Fsp3) is 0.467. The molecule has 0 bridgehead atoms. The van der Waals surface area contributed by atoms with Crippen LogP contribution in [0.25, 0.3) is 10.9 Å². The lowest BCUT2D eigenvalue weighted by molar-refractivity contribution is 0.616. The number of fused-ring (bicyclic) bond motifs is 1. The van der Waals surface area contributed by atoms with Gasteiger partial charge in [0.05, 0.1) is 15.7 Å². The van der Waals surface area contributed by atoms with Crippen molar-refractivity contribution in [3.05, 3.63) is 36.0 Å². The van der Waals surface area contributed by atoms with E-state index in [-0.39, 0.29) is 10.8 Å². The van der Waals surface area contributed by atoms with Crippen molar-refractivity contribution in [2.24, 2.45) is 7.05 Å². The molecule has 19 heavy (non-hydrogen) atoms. The maximum atomic E-state index is 12.1. The van der Waals surface area contributed by atoms with Crippen LogP contribution in [0.1, 0.15) is 39.3 Å². The highest BCUT2D eigenvalue weighted by atomic mass is 32.2. The van der Waals surface area contributed by atoms with Gasteiger partial charge in [-0.15, -0.1) is 0 Å². The molecule has 0 amide bonds. The van der Waals surface area contributed by atoms with Gasteiger partial charge < -0.3 is 4.57 Å². The second-order valence-electron chi connectivity index (χ2n) is 5.97. The Kier molecular flexibility index (Phi) is 3.83. The Morgan fingerprint density at radius 2 is 1.95 bits per heavy atom. The standard InChI is InChI=1S/C15H22N2OS/c1-11(16-19(18)15(2,3)4)13-7-6-12-8-9-17(5)14(12)10-13/h6-11,16H,1-5H3/t11-,19?/m1/s1. The summed E-state index contributed by atoms with van der Waals surface area (Å²) in [6, 6.07) is 8.54. The molecule has 1 N–H and O–H groups in total. The van der Waals surface area contributed by atoms with Crippen LogP contribution in [0.2, 0.25) is 0 Å². The van der Waals surface area contributed by atoms with Gasteiger partial charge in [0.1, 0.15) is 0 Å². The monoisotopic (exact) mass is 278 g/mol. The molecule has 0 aliphatic rings. The van der Waals surface area contributed by atoms with Crippen LogP contribution in [0, 0.1) is 0 Å². The Balaban J connectivity index is 2.24. The van der Waals surface area contributed by atoms with Gasteiger partial charge in [-0.1, -0.05) is 12.1 Å². The van der Waals surface area contributed by atoms with Crippen molar-refractivity contribution in [3.63, 3.8) is 0 Å². The van der Waals surface area contributed by atoms with Gasteiger partial charge >= 0.3 is 0 Å². The molecule has 4 heteroatoms. The summed E-state index contributed by atoms with van der Waals surface area (Å²) in [5.74, 6) is 0. The van der Waals surface area contributed by atoms with Crippen LogP contribution in [-0.2, 0) is 18.0 Å². The van der Waals surface area contributed by atoms with Crippen LogP contribution in [-0.4, -0.2) is 13.5 Å². The third-order valence-electron chi connectivity index (χ3n) is 3.25. The third-order valence-corrected chi connectivity index (χ3v) is 4.93. The Morgan fingerprint density at radius 3 is 2.58 bits per heavy atom. The summed E-state index contributed by atoms with van der Waals surface area (Å²) in [5, 5.41) is 1.23. The lowest BCUT2D eigenvalue weighted by Crippen LogP contribution is -2.34. The number of nitrogens with one attached hydrogen (secondary N) is 1. The SMILES string of the molecule is C[C@@H](NS(=O)C(C)(C)C)c1ccc2ccn(C)c2c1. The van der Waals surface area contributed by atoms with E-state index in [4.69, 9.17) is 0 Å². The Morgan fingerprint density at radius 1 is 1.26 bits per heavy atom. The molecule has 3 nitrogen and oxygen atoms in total. The number of rotatable bonds is 3. The molecule has 0 saturated heterocycles. The number of benzene rings is 1. The first-order valence-electron chi connectivity index (χ1n) is 6.52. The van der Waals surface area contributed by atoms with Crippen molar-refractivity contribution in [1.29, 1.82) is 0 Å². The molecule has 104 valence electrons. The molecular formula is C15H22N2OS. The summed E-state index contributed by atoms with van der Waals surface area (Å²) in [6.07, 6.45) is 2.06. The van der Waals surface area contributed by atoms with Gasteiger partial charge in [-0.2, -0.15) is 0 Å². The number of aryl methyl sites for hydroxylation is 1. The van der Waals surface area contributed by atoms with Gasteiger partial charge in [-0.05, 0) is 50.8 Å². The van der Waals surface area contributed by atoms with E-state index in [2.05, 4.69) is 39.8 Å². The Labute approximate surface area is 117 Å². The van der Waals surface area contributed by atoms with Crippen LogP contribution >= 0.6 is 0 Å². The summed E-state index contributed by atoms with van der Waals surface area (Å²) >= 11 is 0. The zero-order valence-electron chi connectivity index (χ0n) is 12.2. The zero-order valence-corrected chi connectivity index (χ0v) is 13.0. The predicted molar refractivity (Wildman–Crippen MR) is 82.4 cm³/mol. The number of aromatic nitrogens is 1. The highest BCUT2D eigenvalue weighted by Gasteiger charge is 2.21. The van der Waals surface area contributed by atoms with Gasteiger partial charge in [-0.25, -0.2) is 8.93 Å². The molecule has 0 spiro atoms. The minimum Gasteiger partial charge on any atom is -0.351 e. The topological polar surface area (TPSA) is 34.0 Å². The highest BCUT2D eigenvalue weighted by Crippen LogP contribution is 2.22. The highest BCUT2D eigenvalue weighted by molar-refractivity contribution is 7.84. The summed E-state index contributed by atoms with van der Waals surface area (Å²) < 4.78 is 17.2. The largest absolute Gasteiger partial charge is 0.351 e. The Bertz CT molecular complexity index is 610. The minimum atomic E-state index is -1.05. The van der Waals surface area contributed by atoms with E-state index in [9.17, 15) is 4.21 Å². The van der Waals surface area contributed by atoms with Crippen LogP contribution in [0.5, 0.6) is 0 Å². The van der Waals surface area contributed by atoms with Crippen molar-refractivity contribution in [2.75, 3.05) is 0 Å². The number of nitrogens with zero attached hydrogens (tertiary/aromatic N) is 1. The molecule has 1 aromatic heterocycles. The first kappa shape index (κ1) is 14.3. The molecule has 1 aromatic carbocycles. The maximum Gasteiger partial charge on any atom is 0.0975 e. The summed E-state index contributed by atoms with van der Waals surface area (Å²) in [4.78, 5) is 0. The number of hydrogen-bond donors (Lipinski definition) is 1. The molecule has 2 atom stereocenters. The minimum absolute atomic E-state index is 0.0689. The smallest absolute Gasteiger partial charge is 0.0975 e. The van der Waals surface area contributed by atoms with Gasteiger partial charge in [0.2, 0.25) is 0 Å². The second-order valence-corrected chi connectivity index (χ2v) is 7.96. The first-order chi connectivity index (χ1) is 8.79. The van der Waals surface area contributed by atoms with Gasteiger partial charge in [0.25, 0.3) is 0 Å². The molecule has 1 unspecified atom stereocenters. The van der Waals surface area contributed by atoms with Crippen molar-refractivity contribution in [2.45, 2.75) is 38.5 Å². The van der Waals surface area contributed by atoms with Crippen molar-refractivity contribution in [1.82, 2.24) is 9.29 Å². The zero-order chi connectivity index (χ0) is 14.2. The normalized spacial score (nSPS) is 15.6. The molecule has 0 saturated carbocycles. The average Bonchev–Trinajstić information content (AvgIpc) is 2.69. The average molecular weight is 278 g/mol. The fourth-order valence-corrected chi connectivity index (χ4v) is 2.76. The van der Waals surface area contributed by atoms with E-state index in [1.54, 1.807) is 0 Å². The van der Waals surface area contributed by atoms with Gasteiger partial charge in [-0.3, -0.25) is 0 Å². The molecule has 2 aromatic rings. The lowest BCUT2D eigenvalue weighted by Gasteiger charge is -2.22. The molecule has 0 radical (unpaired) electrons. The number of hydrogen-bond acceptors (Lipinski definition) is 1. The molecule has 1 heterocycles. The molecular weight excluding hydrogens is 256 g/mol. The van der Waals surface area contributed by atoms with Crippen LogP contribution in [0.3, 0.4) is 0 Å². The van der Waals surface area contributed by atoms with Gasteiger partial charge in [0.15, 0.2) is 0 Å². The summed E-state index contributed by atoms with van der Waals surface area (Å²) in [7, 11) is 0.985. The molecule has 0 aliphatic heterocycles. The van der Waals surface area contributed by atoms with E-state index in [0.717, 1.165) is 5.56 Å². The predicted octanol–water partition coefficient (Wildman–Crippen LogP) is 3.29. The molecule has 2 rings (SSSR count). The van der Waals surface area contributed by atoms with E-state index >= 15 is 0 Å². The second kappa shape index (κ2) is 5.10. The van der Waals surface area contributed by atoms with Crippen molar-refractivity contribution in [3.8, 4) is 0 Å². The summed E-state index contributed by atoms with van der Waals surface area (Å²) in [6.45, 7) is 7.98. The van der Waals surface area contributed by atoms with Crippen LogP contribution in [0.15, 0.2) is 30.5 Å². The fourth-order valence-electron chi connectivity index (χ4n) is 1.95. The van der Waals surface area contributed by atoms with E-state index in [0.29, 0.717) is 0 Å². The van der Waals surface area contributed by atoms with E-state index in [1.165, 1.54) is 10.9 Å². The maximum absolute atomic E-state index is 12.1.